The maximum atomic E-state index is 12.1. The molecule has 0 bridgehead atoms. The SMILES string of the molecule is C[Si](C)(C)CCOCn1ccc(=O)c2cnc3[nH]ccc3c21. The number of nitrogens with zero attached hydrogens (tertiary/aromatic N) is 2. The molecule has 22 heavy (non-hydrogen) atoms. The van der Waals surface area contributed by atoms with E-state index in [0.29, 0.717) is 12.1 Å². The minimum Gasteiger partial charge on any atom is -0.361 e. The Balaban J connectivity index is 1.94. The van der Waals surface area contributed by atoms with Crippen molar-refractivity contribution in [2.45, 2.75) is 32.4 Å². The van der Waals surface area contributed by atoms with Gasteiger partial charge >= 0.3 is 0 Å². The van der Waals surface area contributed by atoms with Crippen LogP contribution in [0.2, 0.25) is 25.7 Å². The van der Waals surface area contributed by atoms with Gasteiger partial charge in [0.25, 0.3) is 0 Å². The molecule has 3 aromatic heterocycles. The molecule has 0 saturated carbocycles. The maximum Gasteiger partial charge on any atom is 0.190 e. The molecule has 1 N–H and O–H groups in total. The molecular formula is C16H21N3O2Si. The summed E-state index contributed by atoms with van der Waals surface area (Å²) >= 11 is 0. The zero-order valence-electron chi connectivity index (χ0n) is 13.2. The molecule has 116 valence electrons. The molecule has 0 unspecified atom stereocenters. The first-order chi connectivity index (χ1) is 10.5. The lowest BCUT2D eigenvalue weighted by molar-refractivity contribution is 0.0899. The van der Waals surface area contributed by atoms with Crippen molar-refractivity contribution in [3.63, 3.8) is 0 Å². The second-order valence-electron chi connectivity index (χ2n) is 6.76. The van der Waals surface area contributed by atoms with E-state index in [4.69, 9.17) is 4.74 Å². The van der Waals surface area contributed by atoms with Crippen molar-refractivity contribution >= 4 is 30.0 Å². The minimum atomic E-state index is -1.09. The quantitative estimate of drug-likeness (QED) is 0.581. The molecule has 3 rings (SSSR count). The first-order valence-electron chi connectivity index (χ1n) is 7.49. The Hall–Kier alpha value is -1.92. The average molecular weight is 315 g/mol. The van der Waals surface area contributed by atoms with Crippen LogP contribution >= 0.6 is 0 Å². The molecule has 6 heteroatoms. The number of rotatable bonds is 5. The zero-order chi connectivity index (χ0) is 15.7. The van der Waals surface area contributed by atoms with E-state index in [1.165, 1.54) is 0 Å². The standard InChI is InChI=1S/C16H21N3O2Si/c1-22(2,3)9-8-21-11-19-7-5-14(20)13-10-18-16-12(15(13)19)4-6-17-16/h4-7,10H,8-9,11H2,1-3H3,(H,17,18). The van der Waals surface area contributed by atoms with E-state index in [9.17, 15) is 4.79 Å². The van der Waals surface area contributed by atoms with Crippen molar-refractivity contribution < 1.29 is 4.74 Å². The third-order valence-corrected chi connectivity index (χ3v) is 5.45. The monoisotopic (exact) mass is 315 g/mol. The molecule has 0 aliphatic heterocycles. The Morgan fingerprint density at radius 3 is 2.86 bits per heavy atom. The highest BCUT2D eigenvalue weighted by Crippen LogP contribution is 2.20. The van der Waals surface area contributed by atoms with Crippen LogP contribution in [0.4, 0.5) is 0 Å². The van der Waals surface area contributed by atoms with Gasteiger partial charge in [0.05, 0.1) is 10.9 Å². The van der Waals surface area contributed by atoms with Gasteiger partial charge in [-0.1, -0.05) is 19.6 Å². The minimum absolute atomic E-state index is 0.0102. The van der Waals surface area contributed by atoms with Crippen LogP contribution in [0, 0.1) is 0 Å². The summed E-state index contributed by atoms with van der Waals surface area (Å²) in [5.74, 6) is 0. The summed E-state index contributed by atoms with van der Waals surface area (Å²) in [4.78, 5) is 19.4. The fourth-order valence-corrected chi connectivity index (χ4v) is 3.21. The summed E-state index contributed by atoms with van der Waals surface area (Å²) in [5.41, 5.74) is 1.66. The van der Waals surface area contributed by atoms with Gasteiger partial charge < -0.3 is 14.3 Å². The number of nitrogens with one attached hydrogen (secondary N) is 1. The number of pyridine rings is 2. The zero-order valence-corrected chi connectivity index (χ0v) is 14.2. The predicted molar refractivity (Wildman–Crippen MR) is 92.0 cm³/mol. The summed E-state index contributed by atoms with van der Waals surface area (Å²) < 4.78 is 7.82. The van der Waals surface area contributed by atoms with Gasteiger partial charge in [-0.15, -0.1) is 0 Å². The smallest absolute Gasteiger partial charge is 0.190 e. The van der Waals surface area contributed by atoms with Gasteiger partial charge in [-0.3, -0.25) is 4.79 Å². The Kier molecular flexibility index (Phi) is 3.88. The van der Waals surface area contributed by atoms with Crippen molar-refractivity contribution in [2.24, 2.45) is 0 Å². The van der Waals surface area contributed by atoms with Crippen molar-refractivity contribution in [3.05, 3.63) is 40.9 Å². The molecule has 0 atom stereocenters. The third kappa shape index (κ3) is 2.98. The Morgan fingerprint density at radius 1 is 1.27 bits per heavy atom. The van der Waals surface area contributed by atoms with E-state index >= 15 is 0 Å². The number of aromatic nitrogens is 3. The van der Waals surface area contributed by atoms with Gasteiger partial charge in [-0.05, 0) is 12.1 Å². The van der Waals surface area contributed by atoms with Gasteiger partial charge in [0, 0.05) is 44.7 Å². The number of H-pyrrole nitrogens is 1. The topological polar surface area (TPSA) is 59.9 Å². The maximum absolute atomic E-state index is 12.1. The number of aromatic amines is 1. The molecular weight excluding hydrogens is 294 g/mol. The molecule has 0 aliphatic carbocycles. The number of hydrogen-bond acceptors (Lipinski definition) is 3. The van der Waals surface area contributed by atoms with Gasteiger partial charge in [0.15, 0.2) is 5.43 Å². The van der Waals surface area contributed by atoms with Crippen LogP contribution in [-0.2, 0) is 11.5 Å². The lowest BCUT2D eigenvalue weighted by atomic mass is 10.2. The molecule has 3 heterocycles. The molecule has 3 aromatic rings. The van der Waals surface area contributed by atoms with E-state index in [-0.39, 0.29) is 5.43 Å². The summed E-state index contributed by atoms with van der Waals surface area (Å²) in [5, 5.41) is 1.58. The number of fused-ring (bicyclic) bond motifs is 3. The molecule has 0 saturated heterocycles. The second kappa shape index (κ2) is 5.70. The van der Waals surface area contributed by atoms with E-state index < -0.39 is 8.07 Å². The summed E-state index contributed by atoms with van der Waals surface area (Å²) in [7, 11) is -1.09. The molecule has 0 radical (unpaired) electrons. The normalized spacial score (nSPS) is 12.3. The molecule has 0 amide bonds. The van der Waals surface area contributed by atoms with Crippen molar-refractivity contribution in [3.8, 4) is 0 Å². The Morgan fingerprint density at radius 2 is 2.09 bits per heavy atom. The van der Waals surface area contributed by atoms with Crippen LogP contribution in [0.3, 0.4) is 0 Å². The highest BCUT2D eigenvalue weighted by Gasteiger charge is 2.13. The van der Waals surface area contributed by atoms with E-state index in [2.05, 4.69) is 29.6 Å². The van der Waals surface area contributed by atoms with Gasteiger partial charge in [-0.2, -0.15) is 0 Å². The largest absolute Gasteiger partial charge is 0.361 e. The van der Waals surface area contributed by atoms with Gasteiger partial charge in [-0.25, -0.2) is 4.98 Å². The molecule has 0 aliphatic rings. The molecule has 0 aromatic carbocycles. The van der Waals surface area contributed by atoms with Crippen molar-refractivity contribution in [1.29, 1.82) is 0 Å². The molecule has 0 spiro atoms. The predicted octanol–water partition coefficient (Wildman–Crippen LogP) is 3.19. The average Bonchev–Trinajstić information content (AvgIpc) is 2.93. The Labute approximate surface area is 129 Å². The van der Waals surface area contributed by atoms with Crippen molar-refractivity contribution in [1.82, 2.24) is 14.5 Å². The van der Waals surface area contributed by atoms with Crippen LogP contribution in [-0.4, -0.2) is 29.2 Å². The highest BCUT2D eigenvalue weighted by molar-refractivity contribution is 6.76. The van der Waals surface area contributed by atoms with Gasteiger partial charge in [0.2, 0.25) is 0 Å². The molecule has 5 nitrogen and oxygen atoms in total. The molecule has 0 fully saturated rings. The fourth-order valence-electron chi connectivity index (χ4n) is 2.45. The van der Waals surface area contributed by atoms with Crippen LogP contribution in [0.15, 0.2) is 35.5 Å². The van der Waals surface area contributed by atoms with Crippen LogP contribution < -0.4 is 5.43 Å². The van der Waals surface area contributed by atoms with E-state index in [1.54, 1.807) is 18.5 Å². The fraction of sp³-hybridized carbons (Fsp3) is 0.375. The first-order valence-corrected chi connectivity index (χ1v) is 11.2. The lowest BCUT2D eigenvalue weighted by Gasteiger charge is -2.17. The second-order valence-corrected chi connectivity index (χ2v) is 12.4. The van der Waals surface area contributed by atoms with Crippen LogP contribution in [0.25, 0.3) is 21.9 Å². The van der Waals surface area contributed by atoms with Gasteiger partial charge in [0.1, 0.15) is 12.4 Å². The first kappa shape index (κ1) is 15.0. The van der Waals surface area contributed by atoms with E-state index in [0.717, 1.165) is 29.2 Å². The summed E-state index contributed by atoms with van der Waals surface area (Å²) in [6, 6.07) is 4.65. The van der Waals surface area contributed by atoms with E-state index in [1.807, 2.05) is 16.8 Å². The Bertz CT molecular complexity index is 861. The lowest BCUT2D eigenvalue weighted by Crippen LogP contribution is -2.22. The van der Waals surface area contributed by atoms with Crippen LogP contribution in [0.1, 0.15) is 0 Å². The number of hydrogen-bond donors (Lipinski definition) is 1. The summed E-state index contributed by atoms with van der Waals surface area (Å²) in [6.45, 7) is 8.21. The third-order valence-electron chi connectivity index (χ3n) is 3.74. The number of ether oxygens (including phenoxy) is 1. The highest BCUT2D eigenvalue weighted by atomic mass is 28.3. The summed E-state index contributed by atoms with van der Waals surface area (Å²) in [6.07, 6.45) is 5.27. The van der Waals surface area contributed by atoms with Crippen LogP contribution in [0.5, 0.6) is 0 Å². The van der Waals surface area contributed by atoms with Crippen molar-refractivity contribution in [2.75, 3.05) is 6.61 Å².